The molecule has 1 heterocycles. The number of rotatable bonds is 4. The maximum absolute atomic E-state index is 13.0. The molecule has 0 spiro atoms. The third-order valence-corrected chi connectivity index (χ3v) is 3.04. The van der Waals surface area contributed by atoms with Gasteiger partial charge in [0.25, 0.3) is 0 Å². The van der Waals surface area contributed by atoms with Crippen LogP contribution in [0.2, 0.25) is 5.02 Å². The molecular formula is C13H14ClFN2O. The van der Waals surface area contributed by atoms with Crippen LogP contribution in [-0.2, 0) is 13.1 Å². The second-order valence-corrected chi connectivity index (χ2v) is 4.50. The fourth-order valence-corrected chi connectivity index (χ4v) is 1.78. The summed E-state index contributed by atoms with van der Waals surface area (Å²) in [5.74, 6) is 1.15. The fraction of sp³-hybridized carbons (Fsp3) is 0.308. The second-order valence-electron chi connectivity index (χ2n) is 4.09. The van der Waals surface area contributed by atoms with E-state index in [1.165, 1.54) is 12.1 Å². The van der Waals surface area contributed by atoms with Crippen LogP contribution in [0.15, 0.2) is 22.6 Å². The van der Waals surface area contributed by atoms with Gasteiger partial charge in [-0.1, -0.05) is 11.6 Å². The number of aryl methyl sites for hydroxylation is 2. The van der Waals surface area contributed by atoms with Crippen molar-refractivity contribution in [3.05, 3.63) is 51.9 Å². The summed E-state index contributed by atoms with van der Waals surface area (Å²) in [5.41, 5.74) is 1.60. The van der Waals surface area contributed by atoms with Crippen molar-refractivity contribution in [2.45, 2.75) is 26.9 Å². The summed E-state index contributed by atoms with van der Waals surface area (Å²) >= 11 is 5.96. The summed E-state index contributed by atoms with van der Waals surface area (Å²) < 4.78 is 18.5. The molecule has 0 aliphatic carbocycles. The molecule has 0 unspecified atom stereocenters. The number of oxazole rings is 1. The molecular weight excluding hydrogens is 255 g/mol. The van der Waals surface area contributed by atoms with Gasteiger partial charge < -0.3 is 9.73 Å². The van der Waals surface area contributed by atoms with E-state index in [0.717, 1.165) is 17.0 Å². The van der Waals surface area contributed by atoms with Gasteiger partial charge in [0, 0.05) is 11.6 Å². The topological polar surface area (TPSA) is 38.1 Å². The zero-order chi connectivity index (χ0) is 13.1. The first kappa shape index (κ1) is 13.1. The molecule has 2 rings (SSSR count). The monoisotopic (exact) mass is 268 g/mol. The highest BCUT2D eigenvalue weighted by molar-refractivity contribution is 6.31. The number of aromatic nitrogens is 1. The van der Waals surface area contributed by atoms with Crippen LogP contribution < -0.4 is 5.32 Å². The molecule has 0 amide bonds. The first-order valence-corrected chi connectivity index (χ1v) is 6.01. The zero-order valence-electron chi connectivity index (χ0n) is 10.3. The van der Waals surface area contributed by atoms with Crippen molar-refractivity contribution >= 4 is 11.6 Å². The molecule has 1 aromatic heterocycles. The van der Waals surface area contributed by atoms with Gasteiger partial charge in [0.05, 0.1) is 12.2 Å². The maximum atomic E-state index is 13.0. The van der Waals surface area contributed by atoms with Crippen molar-refractivity contribution in [3.8, 4) is 0 Å². The molecule has 96 valence electrons. The molecule has 0 saturated carbocycles. The Bertz CT molecular complexity index is 534. The lowest BCUT2D eigenvalue weighted by Gasteiger charge is -2.05. The second kappa shape index (κ2) is 5.50. The summed E-state index contributed by atoms with van der Waals surface area (Å²) in [4.78, 5) is 4.25. The Morgan fingerprint density at radius 2 is 2.11 bits per heavy atom. The van der Waals surface area contributed by atoms with Gasteiger partial charge in [0.2, 0.25) is 5.89 Å². The average Bonchev–Trinajstić information content (AvgIpc) is 2.63. The van der Waals surface area contributed by atoms with Crippen LogP contribution in [0.4, 0.5) is 4.39 Å². The van der Waals surface area contributed by atoms with E-state index < -0.39 is 0 Å². The summed E-state index contributed by atoms with van der Waals surface area (Å²) in [6, 6.07) is 4.31. The number of hydrogen-bond acceptors (Lipinski definition) is 3. The van der Waals surface area contributed by atoms with Gasteiger partial charge in [0.15, 0.2) is 0 Å². The van der Waals surface area contributed by atoms with Crippen molar-refractivity contribution < 1.29 is 8.81 Å². The van der Waals surface area contributed by atoms with Gasteiger partial charge in [-0.2, -0.15) is 0 Å². The Kier molecular flexibility index (Phi) is 3.99. The van der Waals surface area contributed by atoms with Crippen molar-refractivity contribution in [2.75, 3.05) is 0 Å². The van der Waals surface area contributed by atoms with Crippen LogP contribution in [-0.4, -0.2) is 4.98 Å². The molecule has 18 heavy (non-hydrogen) atoms. The Balaban J connectivity index is 1.94. The largest absolute Gasteiger partial charge is 0.444 e. The van der Waals surface area contributed by atoms with Gasteiger partial charge in [-0.05, 0) is 37.6 Å². The van der Waals surface area contributed by atoms with E-state index in [0.29, 0.717) is 24.0 Å². The van der Waals surface area contributed by atoms with Crippen molar-refractivity contribution in [3.63, 3.8) is 0 Å². The van der Waals surface area contributed by atoms with E-state index in [1.807, 2.05) is 13.8 Å². The number of halogens is 2. The minimum Gasteiger partial charge on any atom is -0.444 e. The van der Waals surface area contributed by atoms with E-state index in [9.17, 15) is 4.39 Å². The number of benzene rings is 1. The number of nitrogens with zero attached hydrogens (tertiary/aromatic N) is 1. The predicted octanol–water partition coefficient (Wildman–Crippen LogP) is 3.37. The van der Waals surface area contributed by atoms with Crippen LogP contribution in [0.1, 0.15) is 22.9 Å². The van der Waals surface area contributed by atoms with Crippen LogP contribution in [0.25, 0.3) is 0 Å². The summed E-state index contributed by atoms with van der Waals surface area (Å²) in [5, 5.41) is 3.66. The maximum Gasteiger partial charge on any atom is 0.208 e. The highest BCUT2D eigenvalue weighted by Crippen LogP contribution is 2.17. The Morgan fingerprint density at radius 1 is 1.33 bits per heavy atom. The van der Waals surface area contributed by atoms with E-state index in [4.69, 9.17) is 16.0 Å². The van der Waals surface area contributed by atoms with E-state index in [-0.39, 0.29) is 5.82 Å². The van der Waals surface area contributed by atoms with Gasteiger partial charge >= 0.3 is 0 Å². The summed E-state index contributed by atoms with van der Waals surface area (Å²) in [6.45, 7) is 4.72. The minimum atomic E-state index is -0.293. The fourth-order valence-electron chi connectivity index (χ4n) is 1.60. The Hall–Kier alpha value is -1.39. The first-order valence-electron chi connectivity index (χ1n) is 5.64. The minimum absolute atomic E-state index is 0.293. The third-order valence-electron chi connectivity index (χ3n) is 2.67. The molecule has 0 radical (unpaired) electrons. The molecule has 1 N–H and O–H groups in total. The quantitative estimate of drug-likeness (QED) is 0.924. The third kappa shape index (κ3) is 3.09. The lowest BCUT2D eigenvalue weighted by molar-refractivity contribution is 0.448. The molecule has 2 aromatic rings. The van der Waals surface area contributed by atoms with E-state index in [2.05, 4.69) is 10.3 Å². The zero-order valence-corrected chi connectivity index (χ0v) is 11.0. The van der Waals surface area contributed by atoms with Crippen molar-refractivity contribution in [1.82, 2.24) is 10.3 Å². The summed E-state index contributed by atoms with van der Waals surface area (Å²) in [7, 11) is 0. The van der Waals surface area contributed by atoms with Gasteiger partial charge in [-0.15, -0.1) is 0 Å². The first-order chi connectivity index (χ1) is 8.56. The Labute approximate surface area is 110 Å². The standard InChI is InChI=1S/C13H14ClFN2O/c1-8-9(2)18-13(17-8)7-16-6-10-5-11(15)3-4-12(10)14/h3-5,16H,6-7H2,1-2H3. The van der Waals surface area contributed by atoms with Crippen molar-refractivity contribution in [2.24, 2.45) is 0 Å². The van der Waals surface area contributed by atoms with Crippen LogP contribution in [0.5, 0.6) is 0 Å². The lowest BCUT2D eigenvalue weighted by Crippen LogP contribution is -2.13. The van der Waals surface area contributed by atoms with E-state index in [1.54, 1.807) is 6.07 Å². The predicted molar refractivity (Wildman–Crippen MR) is 67.9 cm³/mol. The molecule has 0 aliphatic rings. The van der Waals surface area contributed by atoms with Crippen molar-refractivity contribution in [1.29, 1.82) is 0 Å². The summed E-state index contributed by atoms with van der Waals surface area (Å²) in [6.07, 6.45) is 0. The lowest BCUT2D eigenvalue weighted by atomic mass is 10.2. The van der Waals surface area contributed by atoms with Crippen LogP contribution in [0.3, 0.4) is 0 Å². The molecule has 0 saturated heterocycles. The number of hydrogen-bond donors (Lipinski definition) is 1. The van der Waals surface area contributed by atoms with Gasteiger partial charge in [-0.25, -0.2) is 9.37 Å². The van der Waals surface area contributed by atoms with Crippen LogP contribution in [0, 0.1) is 19.7 Å². The van der Waals surface area contributed by atoms with Crippen LogP contribution >= 0.6 is 11.6 Å². The van der Waals surface area contributed by atoms with E-state index >= 15 is 0 Å². The normalized spacial score (nSPS) is 10.9. The SMILES string of the molecule is Cc1nc(CNCc2cc(F)ccc2Cl)oc1C. The molecule has 0 bridgehead atoms. The molecule has 0 atom stereocenters. The molecule has 1 aromatic carbocycles. The molecule has 0 aliphatic heterocycles. The molecule has 3 nitrogen and oxygen atoms in total. The number of nitrogens with one attached hydrogen (secondary N) is 1. The highest BCUT2D eigenvalue weighted by Gasteiger charge is 2.06. The molecule has 5 heteroatoms. The average molecular weight is 269 g/mol. The highest BCUT2D eigenvalue weighted by atomic mass is 35.5. The Morgan fingerprint density at radius 3 is 2.78 bits per heavy atom. The van der Waals surface area contributed by atoms with Gasteiger partial charge in [0.1, 0.15) is 11.6 Å². The van der Waals surface area contributed by atoms with Gasteiger partial charge in [-0.3, -0.25) is 0 Å². The molecule has 0 fully saturated rings. The smallest absolute Gasteiger partial charge is 0.208 e.